The highest BCUT2D eigenvalue weighted by atomic mass is 32.2. The maximum absolute atomic E-state index is 13.1. The van der Waals surface area contributed by atoms with Crippen molar-refractivity contribution in [2.24, 2.45) is 5.92 Å². The number of nitrogens with zero attached hydrogens (tertiary/aromatic N) is 2. The SMILES string of the molecule is O=C(NCCS(=O)(=O)N1CCOCC1)C1CCN(S(=O)(=O)c2ccc3ccccc3c2)CC1. The molecular formula is C22H29N3O6S2. The maximum atomic E-state index is 13.1. The van der Waals surface area contributed by atoms with E-state index in [2.05, 4.69) is 5.32 Å². The summed E-state index contributed by atoms with van der Waals surface area (Å²) in [7, 11) is -7.08. The summed E-state index contributed by atoms with van der Waals surface area (Å²) in [5.41, 5.74) is 0. The van der Waals surface area contributed by atoms with Crippen molar-refractivity contribution in [1.29, 1.82) is 0 Å². The minimum Gasteiger partial charge on any atom is -0.379 e. The zero-order chi connectivity index (χ0) is 23.5. The van der Waals surface area contributed by atoms with Crippen LogP contribution in [0.5, 0.6) is 0 Å². The third kappa shape index (κ3) is 5.55. The molecule has 33 heavy (non-hydrogen) atoms. The molecule has 2 heterocycles. The third-order valence-electron chi connectivity index (χ3n) is 6.21. The van der Waals surface area contributed by atoms with Gasteiger partial charge in [0.05, 0.1) is 23.9 Å². The Hall–Kier alpha value is -2.05. The highest BCUT2D eigenvalue weighted by Crippen LogP contribution is 2.26. The zero-order valence-corrected chi connectivity index (χ0v) is 20.0. The molecule has 0 bridgehead atoms. The maximum Gasteiger partial charge on any atom is 0.243 e. The molecule has 2 aliphatic rings. The van der Waals surface area contributed by atoms with Crippen LogP contribution in [0, 0.1) is 5.92 Å². The van der Waals surface area contributed by atoms with Gasteiger partial charge in [0.2, 0.25) is 26.0 Å². The molecule has 2 aromatic rings. The van der Waals surface area contributed by atoms with E-state index < -0.39 is 20.0 Å². The first-order chi connectivity index (χ1) is 15.8. The van der Waals surface area contributed by atoms with E-state index in [0.717, 1.165) is 10.8 Å². The van der Waals surface area contributed by atoms with Crippen molar-refractivity contribution in [3.63, 3.8) is 0 Å². The average Bonchev–Trinajstić information content (AvgIpc) is 2.84. The van der Waals surface area contributed by atoms with E-state index in [0.29, 0.717) is 39.1 Å². The predicted molar refractivity (Wildman–Crippen MR) is 125 cm³/mol. The summed E-state index contributed by atoms with van der Waals surface area (Å²) >= 11 is 0. The normalized spacial score (nSPS) is 19.5. The van der Waals surface area contributed by atoms with E-state index in [9.17, 15) is 21.6 Å². The molecule has 2 aromatic carbocycles. The minimum atomic E-state index is -3.64. The minimum absolute atomic E-state index is 0.0358. The van der Waals surface area contributed by atoms with Gasteiger partial charge in [0.25, 0.3) is 0 Å². The second kappa shape index (κ2) is 10.1. The third-order valence-corrected chi connectivity index (χ3v) is 9.97. The molecule has 2 fully saturated rings. The molecule has 0 unspecified atom stereocenters. The monoisotopic (exact) mass is 495 g/mol. The lowest BCUT2D eigenvalue weighted by Gasteiger charge is -2.30. The molecular weight excluding hydrogens is 466 g/mol. The predicted octanol–water partition coefficient (Wildman–Crippen LogP) is 1.02. The first-order valence-electron chi connectivity index (χ1n) is 11.1. The van der Waals surface area contributed by atoms with Crippen molar-refractivity contribution in [2.45, 2.75) is 17.7 Å². The van der Waals surface area contributed by atoms with Gasteiger partial charge in [-0.2, -0.15) is 8.61 Å². The van der Waals surface area contributed by atoms with Crippen LogP contribution in [0.25, 0.3) is 10.8 Å². The number of ether oxygens (including phenoxy) is 1. The molecule has 11 heteroatoms. The lowest BCUT2D eigenvalue weighted by atomic mass is 9.97. The Balaban J connectivity index is 1.29. The Morgan fingerprint density at radius 2 is 1.58 bits per heavy atom. The van der Waals surface area contributed by atoms with E-state index in [-0.39, 0.29) is 42.1 Å². The second-order valence-electron chi connectivity index (χ2n) is 8.31. The quantitative estimate of drug-likeness (QED) is 0.614. The smallest absolute Gasteiger partial charge is 0.243 e. The first kappa shape index (κ1) is 24.1. The van der Waals surface area contributed by atoms with E-state index in [4.69, 9.17) is 4.74 Å². The van der Waals surface area contributed by atoms with Crippen molar-refractivity contribution in [3.05, 3.63) is 42.5 Å². The highest BCUT2D eigenvalue weighted by molar-refractivity contribution is 7.89. The fourth-order valence-corrected chi connectivity index (χ4v) is 7.07. The van der Waals surface area contributed by atoms with Gasteiger partial charge in [-0.1, -0.05) is 30.3 Å². The number of rotatable bonds is 7. The number of hydrogen-bond donors (Lipinski definition) is 1. The average molecular weight is 496 g/mol. The van der Waals surface area contributed by atoms with E-state index in [1.165, 1.54) is 8.61 Å². The van der Waals surface area contributed by atoms with E-state index in [1.807, 2.05) is 24.3 Å². The van der Waals surface area contributed by atoms with Gasteiger partial charge in [0, 0.05) is 38.6 Å². The lowest BCUT2D eigenvalue weighted by Crippen LogP contribution is -2.45. The summed E-state index contributed by atoms with van der Waals surface area (Å²) in [6.07, 6.45) is 0.795. The molecule has 1 N–H and O–H groups in total. The zero-order valence-electron chi connectivity index (χ0n) is 18.4. The molecule has 2 aliphatic heterocycles. The molecule has 0 radical (unpaired) electrons. The van der Waals surface area contributed by atoms with Crippen LogP contribution >= 0.6 is 0 Å². The number of sulfonamides is 2. The van der Waals surface area contributed by atoms with Crippen molar-refractivity contribution in [1.82, 2.24) is 13.9 Å². The van der Waals surface area contributed by atoms with Gasteiger partial charge in [-0.25, -0.2) is 16.8 Å². The van der Waals surface area contributed by atoms with Crippen LogP contribution in [0.3, 0.4) is 0 Å². The van der Waals surface area contributed by atoms with Crippen LogP contribution in [-0.2, 0) is 29.6 Å². The standard InChI is InChI=1S/C22H29N3O6S2/c26-22(23-9-16-32(27,28)24-12-14-31-15-13-24)19-7-10-25(11-8-19)33(29,30)21-6-5-18-3-1-2-4-20(18)17-21/h1-6,17,19H,7-16H2,(H,23,26). The van der Waals surface area contributed by atoms with Crippen LogP contribution in [0.2, 0.25) is 0 Å². The lowest BCUT2D eigenvalue weighted by molar-refractivity contribution is -0.125. The molecule has 1 amide bonds. The van der Waals surface area contributed by atoms with Gasteiger partial charge in [-0.05, 0) is 35.7 Å². The second-order valence-corrected chi connectivity index (χ2v) is 12.3. The van der Waals surface area contributed by atoms with Crippen molar-refractivity contribution >= 4 is 36.7 Å². The number of benzene rings is 2. The van der Waals surface area contributed by atoms with Crippen molar-refractivity contribution in [2.75, 3.05) is 51.7 Å². The van der Waals surface area contributed by atoms with Crippen LogP contribution < -0.4 is 5.32 Å². The van der Waals surface area contributed by atoms with Crippen LogP contribution in [-0.4, -0.2) is 83.0 Å². The van der Waals surface area contributed by atoms with Gasteiger partial charge < -0.3 is 10.1 Å². The van der Waals surface area contributed by atoms with Gasteiger partial charge in [0.15, 0.2) is 0 Å². The number of morpholine rings is 1. The number of hydrogen-bond acceptors (Lipinski definition) is 6. The van der Waals surface area contributed by atoms with Crippen LogP contribution in [0.4, 0.5) is 0 Å². The summed E-state index contributed by atoms with van der Waals surface area (Å²) in [5, 5.41) is 4.54. The fraction of sp³-hybridized carbons (Fsp3) is 0.500. The topological polar surface area (TPSA) is 113 Å². The van der Waals surface area contributed by atoms with Gasteiger partial charge in [0.1, 0.15) is 0 Å². The highest BCUT2D eigenvalue weighted by Gasteiger charge is 2.32. The molecule has 180 valence electrons. The summed E-state index contributed by atoms with van der Waals surface area (Å²) < 4.78 is 58.9. The van der Waals surface area contributed by atoms with Crippen LogP contribution in [0.1, 0.15) is 12.8 Å². The largest absolute Gasteiger partial charge is 0.379 e. The number of piperidine rings is 1. The molecule has 0 spiro atoms. The molecule has 9 nitrogen and oxygen atoms in total. The summed E-state index contributed by atoms with van der Waals surface area (Å²) in [6, 6.07) is 12.7. The summed E-state index contributed by atoms with van der Waals surface area (Å²) in [4.78, 5) is 12.8. The number of carbonyl (C=O) groups excluding carboxylic acids is 1. The Bertz CT molecular complexity index is 1200. The summed E-state index contributed by atoms with van der Waals surface area (Å²) in [5.74, 6) is -0.720. The van der Waals surface area contributed by atoms with E-state index in [1.54, 1.807) is 18.2 Å². The van der Waals surface area contributed by atoms with Crippen molar-refractivity contribution in [3.8, 4) is 0 Å². The fourth-order valence-electron chi connectivity index (χ4n) is 4.24. The van der Waals surface area contributed by atoms with Crippen molar-refractivity contribution < 1.29 is 26.4 Å². The molecule has 0 atom stereocenters. The Kier molecular flexibility index (Phi) is 7.34. The number of fused-ring (bicyclic) bond motifs is 1. The number of carbonyl (C=O) groups is 1. The van der Waals surface area contributed by atoms with Gasteiger partial charge >= 0.3 is 0 Å². The number of nitrogens with one attached hydrogen (secondary N) is 1. The van der Waals surface area contributed by atoms with E-state index >= 15 is 0 Å². The molecule has 4 rings (SSSR count). The molecule has 2 saturated heterocycles. The Morgan fingerprint density at radius 1 is 0.909 bits per heavy atom. The Labute approximate surface area is 194 Å². The number of amides is 1. The molecule has 0 saturated carbocycles. The molecule has 0 aliphatic carbocycles. The molecule has 0 aromatic heterocycles. The van der Waals surface area contributed by atoms with Crippen LogP contribution in [0.15, 0.2) is 47.4 Å². The summed E-state index contributed by atoms with van der Waals surface area (Å²) in [6.45, 7) is 1.96. The van der Waals surface area contributed by atoms with Gasteiger partial charge in [-0.3, -0.25) is 4.79 Å². The Morgan fingerprint density at radius 3 is 2.27 bits per heavy atom. The first-order valence-corrected chi connectivity index (χ1v) is 14.1. The van der Waals surface area contributed by atoms with Gasteiger partial charge in [-0.15, -0.1) is 0 Å².